The Bertz CT molecular complexity index is 300. The maximum Gasteiger partial charge on any atom is 0.118 e. The molecule has 0 saturated carbocycles. The second-order valence-corrected chi connectivity index (χ2v) is 4.03. The van der Waals surface area contributed by atoms with E-state index in [0.29, 0.717) is 0 Å². The molecule has 3 nitrogen and oxygen atoms in total. The van der Waals surface area contributed by atoms with Gasteiger partial charge in [0.05, 0.1) is 19.3 Å². The predicted molar refractivity (Wildman–Crippen MR) is 68.0 cm³/mol. The van der Waals surface area contributed by atoms with Crippen molar-refractivity contribution < 1.29 is 9.84 Å². The number of halogens is 1. The van der Waals surface area contributed by atoms with Gasteiger partial charge in [0.25, 0.3) is 0 Å². The molecule has 1 rings (SSSR count). The van der Waals surface area contributed by atoms with Crippen LogP contribution >= 0.6 is 12.4 Å². The lowest BCUT2D eigenvalue weighted by molar-refractivity contribution is 0.0979. The average molecular weight is 246 g/mol. The van der Waals surface area contributed by atoms with Crippen LogP contribution < -0.4 is 10.5 Å². The van der Waals surface area contributed by atoms with E-state index in [4.69, 9.17) is 10.5 Å². The maximum absolute atomic E-state index is 9.82. The smallest absolute Gasteiger partial charge is 0.118 e. The summed E-state index contributed by atoms with van der Waals surface area (Å²) in [5.41, 5.74) is 6.87. The molecule has 0 spiro atoms. The lowest BCUT2D eigenvalue weighted by Gasteiger charge is -2.22. The number of ether oxygens (including phenoxy) is 1. The lowest BCUT2D eigenvalue weighted by Crippen LogP contribution is -2.30. The van der Waals surface area contributed by atoms with E-state index in [1.165, 1.54) is 0 Å². The predicted octanol–water partition coefficient (Wildman–Crippen LogP) is 2.13. The van der Waals surface area contributed by atoms with Crippen molar-refractivity contribution in [2.24, 2.45) is 11.7 Å². The Kier molecular flexibility index (Phi) is 6.41. The minimum atomic E-state index is -0.515. The molecular formula is C12H20ClNO2. The second kappa shape index (κ2) is 6.74. The van der Waals surface area contributed by atoms with Gasteiger partial charge in [0.2, 0.25) is 0 Å². The minimum Gasteiger partial charge on any atom is -0.497 e. The highest BCUT2D eigenvalue weighted by Crippen LogP contribution is 2.21. The van der Waals surface area contributed by atoms with E-state index in [9.17, 15) is 5.11 Å². The van der Waals surface area contributed by atoms with Gasteiger partial charge in [-0.25, -0.2) is 0 Å². The molecule has 1 aromatic rings. The van der Waals surface area contributed by atoms with Gasteiger partial charge in [0.1, 0.15) is 5.75 Å². The normalized spacial score (nSPS) is 14.1. The van der Waals surface area contributed by atoms with Crippen molar-refractivity contribution in [2.45, 2.75) is 26.0 Å². The quantitative estimate of drug-likeness (QED) is 0.855. The summed E-state index contributed by atoms with van der Waals surface area (Å²) in [6.07, 6.45) is -0.515. The van der Waals surface area contributed by atoms with Crippen LogP contribution in [0.4, 0.5) is 0 Å². The zero-order valence-corrected chi connectivity index (χ0v) is 10.7. The zero-order valence-electron chi connectivity index (χ0n) is 9.88. The monoisotopic (exact) mass is 245 g/mol. The molecule has 92 valence electrons. The number of aliphatic hydroxyl groups is 1. The van der Waals surface area contributed by atoms with Crippen molar-refractivity contribution in [3.63, 3.8) is 0 Å². The third kappa shape index (κ3) is 3.67. The first kappa shape index (κ1) is 15.2. The molecule has 0 aliphatic heterocycles. The molecule has 0 saturated heterocycles. The Morgan fingerprint density at radius 1 is 1.19 bits per heavy atom. The Labute approximate surface area is 103 Å². The Morgan fingerprint density at radius 3 is 2.06 bits per heavy atom. The highest BCUT2D eigenvalue weighted by atomic mass is 35.5. The Balaban J connectivity index is 0.00000225. The third-order valence-corrected chi connectivity index (χ3v) is 2.55. The summed E-state index contributed by atoms with van der Waals surface area (Å²) in [6, 6.07) is 7.13. The first-order valence-corrected chi connectivity index (χ1v) is 5.14. The van der Waals surface area contributed by atoms with Crippen LogP contribution in [0.1, 0.15) is 25.5 Å². The van der Waals surface area contributed by atoms with E-state index >= 15 is 0 Å². The first-order chi connectivity index (χ1) is 7.06. The van der Waals surface area contributed by atoms with Gasteiger partial charge in [-0.15, -0.1) is 12.4 Å². The van der Waals surface area contributed by atoms with Crippen LogP contribution in [0, 0.1) is 5.92 Å². The molecule has 0 aromatic heterocycles. The molecule has 3 N–H and O–H groups in total. The fraction of sp³-hybridized carbons (Fsp3) is 0.500. The van der Waals surface area contributed by atoms with Crippen molar-refractivity contribution >= 4 is 12.4 Å². The highest BCUT2D eigenvalue weighted by Gasteiger charge is 2.19. The summed E-state index contributed by atoms with van der Waals surface area (Å²) < 4.78 is 5.05. The van der Waals surface area contributed by atoms with Gasteiger partial charge < -0.3 is 15.6 Å². The molecule has 0 aliphatic carbocycles. The average Bonchev–Trinajstić information content (AvgIpc) is 2.27. The molecule has 0 fully saturated rings. The van der Waals surface area contributed by atoms with Crippen LogP contribution in [-0.4, -0.2) is 18.3 Å². The van der Waals surface area contributed by atoms with Crippen LogP contribution in [0.2, 0.25) is 0 Å². The number of methoxy groups -OCH3 is 1. The summed E-state index contributed by atoms with van der Waals surface area (Å²) in [6.45, 7) is 3.90. The summed E-state index contributed by atoms with van der Waals surface area (Å²) >= 11 is 0. The summed E-state index contributed by atoms with van der Waals surface area (Å²) in [5, 5.41) is 9.82. The van der Waals surface area contributed by atoms with Crippen LogP contribution in [0.3, 0.4) is 0 Å². The first-order valence-electron chi connectivity index (χ1n) is 5.14. The number of rotatable bonds is 4. The van der Waals surface area contributed by atoms with Crippen molar-refractivity contribution in [2.75, 3.05) is 7.11 Å². The molecule has 16 heavy (non-hydrogen) atoms. The van der Waals surface area contributed by atoms with Gasteiger partial charge in [-0.05, 0) is 23.6 Å². The topological polar surface area (TPSA) is 55.5 Å². The number of benzene rings is 1. The Hall–Kier alpha value is -0.770. The van der Waals surface area contributed by atoms with Crippen molar-refractivity contribution in [1.29, 1.82) is 0 Å². The largest absolute Gasteiger partial charge is 0.497 e. The van der Waals surface area contributed by atoms with E-state index < -0.39 is 6.10 Å². The number of aliphatic hydroxyl groups excluding tert-OH is 1. The third-order valence-electron chi connectivity index (χ3n) is 2.55. The molecular weight excluding hydrogens is 226 g/mol. The molecule has 0 aliphatic rings. The molecule has 2 atom stereocenters. The van der Waals surface area contributed by atoms with E-state index in [0.717, 1.165) is 11.3 Å². The molecule has 0 bridgehead atoms. The van der Waals surface area contributed by atoms with Gasteiger partial charge in [-0.1, -0.05) is 26.0 Å². The second-order valence-electron chi connectivity index (χ2n) is 4.03. The highest BCUT2D eigenvalue weighted by molar-refractivity contribution is 5.85. The SMILES string of the molecule is COc1ccc([C@@H](N)[C@@H](O)C(C)C)cc1.Cl. The van der Waals surface area contributed by atoms with E-state index in [-0.39, 0.29) is 24.4 Å². The number of hydrogen-bond donors (Lipinski definition) is 2. The van der Waals surface area contributed by atoms with Crippen LogP contribution in [-0.2, 0) is 0 Å². The van der Waals surface area contributed by atoms with Gasteiger partial charge in [0, 0.05) is 0 Å². The summed E-state index contributed by atoms with van der Waals surface area (Å²) in [7, 11) is 1.62. The molecule has 1 aromatic carbocycles. The van der Waals surface area contributed by atoms with Gasteiger partial charge in [-0.3, -0.25) is 0 Å². The summed E-state index contributed by atoms with van der Waals surface area (Å²) in [4.78, 5) is 0. The van der Waals surface area contributed by atoms with Crippen LogP contribution in [0.5, 0.6) is 5.75 Å². The summed E-state index contributed by atoms with van der Waals surface area (Å²) in [5.74, 6) is 0.951. The fourth-order valence-corrected chi connectivity index (χ4v) is 1.44. The van der Waals surface area contributed by atoms with E-state index in [1.54, 1.807) is 7.11 Å². The lowest BCUT2D eigenvalue weighted by atomic mass is 9.94. The molecule has 0 radical (unpaired) electrons. The van der Waals surface area contributed by atoms with Gasteiger partial charge in [0.15, 0.2) is 0 Å². The van der Waals surface area contributed by atoms with Crippen molar-refractivity contribution in [1.82, 2.24) is 0 Å². The minimum absolute atomic E-state index is 0. The van der Waals surface area contributed by atoms with Crippen molar-refractivity contribution in [3.05, 3.63) is 29.8 Å². The molecule has 4 heteroatoms. The van der Waals surface area contributed by atoms with Crippen LogP contribution in [0.25, 0.3) is 0 Å². The van der Waals surface area contributed by atoms with Gasteiger partial charge >= 0.3 is 0 Å². The number of nitrogens with two attached hydrogens (primary N) is 1. The van der Waals surface area contributed by atoms with E-state index in [2.05, 4.69) is 0 Å². The fourth-order valence-electron chi connectivity index (χ4n) is 1.44. The number of hydrogen-bond acceptors (Lipinski definition) is 3. The van der Waals surface area contributed by atoms with E-state index in [1.807, 2.05) is 38.1 Å². The molecule has 0 amide bonds. The Morgan fingerprint density at radius 2 is 1.69 bits per heavy atom. The van der Waals surface area contributed by atoms with Gasteiger partial charge in [-0.2, -0.15) is 0 Å². The standard InChI is InChI=1S/C12H19NO2.ClH/c1-8(2)12(14)11(13)9-4-6-10(15-3)7-5-9;/h4-8,11-12,14H,13H2,1-3H3;1H/t11-,12+;/m1./s1. The zero-order chi connectivity index (χ0) is 11.4. The molecule has 0 unspecified atom stereocenters. The van der Waals surface area contributed by atoms with Crippen LogP contribution in [0.15, 0.2) is 24.3 Å². The van der Waals surface area contributed by atoms with Crippen molar-refractivity contribution in [3.8, 4) is 5.75 Å². The maximum atomic E-state index is 9.82. The molecule has 0 heterocycles.